The Morgan fingerprint density at radius 3 is 2.84 bits per heavy atom. The number of anilines is 1. The molecule has 3 N–H and O–H groups in total. The predicted octanol–water partition coefficient (Wildman–Crippen LogP) is 0.639. The van der Waals surface area contributed by atoms with Gasteiger partial charge in [0.05, 0.1) is 13.2 Å². The molecule has 5 nitrogen and oxygen atoms in total. The molecule has 104 valence electrons. The quantitative estimate of drug-likeness (QED) is 0.782. The largest absolute Gasteiger partial charge is 0.399 e. The topological polar surface area (TPSA) is 67.6 Å². The summed E-state index contributed by atoms with van der Waals surface area (Å²) in [6.07, 6.45) is 0. The van der Waals surface area contributed by atoms with Crippen molar-refractivity contribution in [1.82, 2.24) is 10.2 Å². The van der Waals surface area contributed by atoms with Crippen LogP contribution in [0.3, 0.4) is 0 Å². The monoisotopic (exact) mass is 263 g/mol. The molecule has 0 aliphatic carbocycles. The molecule has 1 amide bonds. The van der Waals surface area contributed by atoms with Crippen LogP contribution in [0.2, 0.25) is 0 Å². The Kier molecular flexibility index (Phi) is 4.76. The standard InChI is InChI=1S/C14H21N3O2/c1-11-10-12(2-3-13(11)15)14(18)16-4-5-17-6-8-19-9-7-17/h2-3,10H,4-9,15H2,1H3,(H,16,18). The van der Waals surface area contributed by atoms with Crippen LogP contribution in [0.25, 0.3) is 0 Å². The van der Waals surface area contributed by atoms with Crippen LogP contribution in [0.1, 0.15) is 15.9 Å². The van der Waals surface area contributed by atoms with Gasteiger partial charge in [0.2, 0.25) is 0 Å². The van der Waals surface area contributed by atoms with Crippen LogP contribution in [0.4, 0.5) is 5.69 Å². The molecule has 0 bridgehead atoms. The van der Waals surface area contributed by atoms with Gasteiger partial charge in [0.15, 0.2) is 0 Å². The smallest absolute Gasteiger partial charge is 0.251 e. The van der Waals surface area contributed by atoms with Crippen molar-refractivity contribution in [3.05, 3.63) is 29.3 Å². The van der Waals surface area contributed by atoms with Crippen LogP contribution in [0, 0.1) is 6.92 Å². The summed E-state index contributed by atoms with van der Waals surface area (Å²) in [5.74, 6) is -0.0450. The number of hydrogen-bond acceptors (Lipinski definition) is 4. The van der Waals surface area contributed by atoms with E-state index in [1.54, 1.807) is 12.1 Å². The van der Waals surface area contributed by atoms with Crippen molar-refractivity contribution in [3.8, 4) is 0 Å². The van der Waals surface area contributed by atoms with Gasteiger partial charge in [-0.2, -0.15) is 0 Å². The minimum absolute atomic E-state index is 0.0450. The molecule has 5 heteroatoms. The van der Waals surface area contributed by atoms with E-state index >= 15 is 0 Å². The van der Waals surface area contributed by atoms with Crippen molar-refractivity contribution in [2.45, 2.75) is 6.92 Å². The number of nitrogens with one attached hydrogen (secondary N) is 1. The summed E-state index contributed by atoms with van der Waals surface area (Å²) in [5.41, 5.74) is 8.04. The fourth-order valence-electron chi connectivity index (χ4n) is 2.07. The van der Waals surface area contributed by atoms with Crippen molar-refractivity contribution in [2.24, 2.45) is 0 Å². The van der Waals surface area contributed by atoms with Crippen molar-refractivity contribution < 1.29 is 9.53 Å². The Balaban J connectivity index is 1.78. The fraction of sp³-hybridized carbons (Fsp3) is 0.500. The molecular weight excluding hydrogens is 242 g/mol. The van der Waals surface area contributed by atoms with E-state index in [0.29, 0.717) is 17.8 Å². The fourth-order valence-corrected chi connectivity index (χ4v) is 2.07. The van der Waals surface area contributed by atoms with E-state index in [4.69, 9.17) is 10.5 Å². The summed E-state index contributed by atoms with van der Waals surface area (Å²) in [6.45, 7) is 6.87. The number of morpholine rings is 1. The van der Waals surface area contributed by atoms with Gasteiger partial charge in [0.25, 0.3) is 5.91 Å². The zero-order chi connectivity index (χ0) is 13.7. The number of nitrogen functional groups attached to an aromatic ring is 1. The van der Waals surface area contributed by atoms with E-state index in [1.807, 2.05) is 13.0 Å². The number of nitrogens with two attached hydrogens (primary N) is 1. The first-order chi connectivity index (χ1) is 9.16. The van der Waals surface area contributed by atoms with Crippen LogP contribution in [-0.2, 0) is 4.74 Å². The van der Waals surface area contributed by atoms with Crippen molar-refractivity contribution >= 4 is 11.6 Å². The van der Waals surface area contributed by atoms with E-state index in [1.165, 1.54) is 0 Å². The van der Waals surface area contributed by atoms with Gasteiger partial charge in [-0.05, 0) is 30.7 Å². The highest BCUT2D eigenvalue weighted by Gasteiger charge is 2.11. The molecule has 0 aromatic heterocycles. The Labute approximate surface area is 113 Å². The summed E-state index contributed by atoms with van der Waals surface area (Å²) in [4.78, 5) is 14.2. The maximum Gasteiger partial charge on any atom is 0.251 e. The molecule has 19 heavy (non-hydrogen) atoms. The number of amides is 1. The lowest BCUT2D eigenvalue weighted by atomic mass is 10.1. The molecule has 0 saturated carbocycles. The number of carbonyl (C=O) groups excluding carboxylic acids is 1. The lowest BCUT2D eigenvalue weighted by molar-refractivity contribution is 0.0383. The molecule has 1 saturated heterocycles. The number of hydrogen-bond donors (Lipinski definition) is 2. The molecule has 1 aliphatic rings. The highest BCUT2D eigenvalue weighted by Crippen LogP contribution is 2.12. The van der Waals surface area contributed by atoms with Gasteiger partial charge in [-0.1, -0.05) is 0 Å². The highest BCUT2D eigenvalue weighted by molar-refractivity contribution is 5.94. The van der Waals surface area contributed by atoms with Gasteiger partial charge in [-0.15, -0.1) is 0 Å². The summed E-state index contributed by atoms with van der Waals surface area (Å²) in [6, 6.07) is 5.35. The zero-order valence-electron chi connectivity index (χ0n) is 11.3. The van der Waals surface area contributed by atoms with Crippen LogP contribution in [0.15, 0.2) is 18.2 Å². The van der Waals surface area contributed by atoms with Crippen LogP contribution in [0.5, 0.6) is 0 Å². The predicted molar refractivity (Wildman–Crippen MR) is 75.2 cm³/mol. The number of benzene rings is 1. The SMILES string of the molecule is Cc1cc(C(=O)NCCN2CCOCC2)ccc1N. The van der Waals surface area contributed by atoms with Crippen molar-refractivity contribution in [2.75, 3.05) is 45.1 Å². The van der Waals surface area contributed by atoms with Gasteiger partial charge >= 0.3 is 0 Å². The second-order valence-electron chi connectivity index (χ2n) is 4.78. The number of ether oxygens (including phenoxy) is 1. The summed E-state index contributed by atoms with van der Waals surface area (Å²) < 4.78 is 5.28. The van der Waals surface area contributed by atoms with Gasteiger partial charge in [0, 0.05) is 37.4 Å². The zero-order valence-corrected chi connectivity index (χ0v) is 11.3. The Hall–Kier alpha value is -1.59. The first kappa shape index (κ1) is 13.8. The molecular formula is C14H21N3O2. The third kappa shape index (κ3) is 3.94. The molecule has 0 spiro atoms. The normalized spacial score (nSPS) is 16.3. The van der Waals surface area contributed by atoms with Gasteiger partial charge < -0.3 is 15.8 Å². The number of rotatable bonds is 4. The Morgan fingerprint density at radius 2 is 2.16 bits per heavy atom. The van der Waals surface area contributed by atoms with Gasteiger partial charge in [-0.25, -0.2) is 0 Å². The molecule has 1 fully saturated rings. The first-order valence-corrected chi connectivity index (χ1v) is 6.61. The van der Waals surface area contributed by atoms with Crippen molar-refractivity contribution in [3.63, 3.8) is 0 Å². The number of carbonyl (C=O) groups is 1. The second kappa shape index (κ2) is 6.54. The molecule has 1 aliphatic heterocycles. The van der Waals surface area contributed by atoms with Crippen LogP contribution in [-0.4, -0.2) is 50.2 Å². The van der Waals surface area contributed by atoms with E-state index in [2.05, 4.69) is 10.2 Å². The maximum atomic E-state index is 12.0. The van der Waals surface area contributed by atoms with Gasteiger partial charge in [-0.3, -0.25) is 9.69 Å². The van der Waals surface area contributed by atoms with E-state index in [9.17, 15) is 4.79 Å². The third-order valence-electron chi connectivity index (χ3n) is 3.35. The Morgan fingerprint density at radius 1 is 1.42 bits per heavy atom. The van der Waals surface area contributed by atoms with E-state index < -0.39 is 0 Å². The summed E-state index contributed by atoms with van der Waals surface area (Å²) in [7, 11) is 0. The average molecular weight is 263 g/mol. The van der Waals surface area contributed by atoms with Crippen LogP contribution >= 0.6 is 0 Å². The van der Waals surface area contributed by atoms with E-state index in [-0.39, 0.29) is 5.91 Å². The lowest BCUT2D eigenvalue weighted by Crippen LogP contribution is -2.41. The highest BCUT2D eigenvalue weighted by atomic mass is 16.5. The molecule has 2 rings (SSSR count). The molecule has 1 aromatic rings. The van der Waals surface area contributed by atoms with Crippen LogP contribution < -0.4 is 11.1 Å². The number of nitrogens with zero attached hydrogens (tertiary/aromatic N) is 1. The van der Waals surface area contributed by atoms with E-state index in [0.717, 1.165) is 38.4 Å². The summed E-state index contributed by atoms with van der Waals surface area (Å²) >= 11 is 0. The molecule has 0 atom stereocenters. The second-order valence-corrected chi connectivity index (χ2v) is 4.78. The van der Waals surface area contributed by atoms with Gasteiger partial charge in [0.1, 0.15) is 0 Å². The maximum absolute atomic E-state index is 12.0. The molecule has 1 aromatic carbocycles. The third-order valence-corrected chi connectivity index (χ3v) is 3.35. The minimum Gasteiger partial charge on any atom is -0.399 e. The molecule has 1 heterocycles. The van der Waals surface area contributed by atoms with Crippen molar-refractivity contribution in [1.29, 1.82) is 0 Å². The number of aryl methyl sites for hydroxylation is 1. The minimum atomic E-state index is -0.0450. The average Bonchev–Trinajstić information content (AvgIpc) is 2.43. The molecule has 0 radical (unpaired) electrons. The Bertz CT molecular complexity index is 442. The summed E-state index contributed by atoms with van der Waals surface area (Å²) in [5, 5.41) is 2.93. The first-order valence-electron chi connectivity index (χ1n) is 6.61. The lowest BCUT2D eigenvalue weighted by Gasteiger charge is -2.26. The molecule has 0 unspecified atom stereocenters.